The van der Waals surface area contributed by atoms with Crippen LogP contribution in [0.4, 0.5) is 0 Å². The van der Waals surface area contributed by atoms with E-state index in [9.17, 15) is 28.8 Å². The van der Waals surface area contributed by atoms with E-state index in [1.807, 2.05) is 0 Å². The van der Waals surface area contributed by atoms with Gasteiger partial charge >= 0.3 is 11.9 Å². The smallest absolute Gasteiger partial charge is 0.338 e. The van der Waals surface area contributed by atoms with Crippen molar-refractivity contribution >= 4 is 35.6 Å². The van der Waals surface area contributed by atoms with Gasteiger partial charge in [0.05, 0.1) is 18.4 Å². The second-order valence-electron chi connectivity index (χ2n) is 6.65. The summed E-state index contributed by atoms with van der Waals surface area (Å²) < 4.78 is 5.32. The summed E-state index contributed by atoms with van der Waals surface area (Å²) >= 11 is 0. The number of imide groups is 2. The normalized spacial score (nSPS) is 19.2. The van der Waals surface area contributed by atoms with E-state index in [1.54, 1.807) is 6.92 Å². The lowest BCUT2D eigenvalue weighted by Gasteiger charge is -2.17. The summed E-state index contributed by atoms with van der Waals surface area (Å²) in [5.74, 6) is -5.10. The summed E-state index contributed by atoms with van der Waals surface area (Å²) in [6, 6.07) is 0. The van der Waals surface area contributed by atoms with Gasteiger partial charge in [-0.3, -0.25) is 19.2 Å². The van der Waals surface area contributed by atoms with Gasteiger partial charge in [-0.25, -0.2) is 9.59 Å². The molecule has 0 aliphatic carbocycles. The predicted octanol–water partition coefficient (Wildman–Crippen LogP) is 0.126. The molecule has 0 radical (unpaired) electrons. The fraction of sp³-hybridized carbons (Fsp3) is 0.647. The third kappa shape index (κ3) is 5.35. The number of ether oxygens (including phenoxy) is 1. The van der Waals surface area contributed by atoms with Crippen molar-refractivity contribution in [3.63, 3.8) is 0 Å². The second-order valence-corrected chi connectivity index (χ2v) is 6.65. The molecule has 0 aromatic carbocycles. The Kier molecular flexibility index (Phi) is 7.21. The largest absolute Gasteiger partial charge is 0.381 e. The van der Waals surface area contributed by atoms with E-state index in [4.69, 9.17) is 14.4 Å². The van der Waals surface area contributed by atoms with Gasteiger partial charge in [0, 0.05) is 33.7 Å². The van der Waals surface area contributed by atoms with Crippen LogP contribution in [0.15, 0.2) is 0 Å². The van der Waals surface area contributed by atoms with Crippen LogP contribution < -0.4 is 0 Å². The highest BCUT2D eigenvalue weighted by Gasteiger charge is 2.35. The van der Waals surface area contributed by atoms with Crippen molar-refractivity contribution in [1.82, 2.24) is 10.1 Å². The van der Waals surface area contributed by atoms with Gasteiger partial charge in [-0.1, -0.05) is 6.92 Å². The minimum absolute atomic E-state index is 0. The van der Waals surface area contributed by atoms with Crippen molar-refractivity contribution in [2.45, 2.75) is 46.0 Å². The molecular weight excluding hydrogens is 376 g/mol. The van der Waals surface area contributed by atoms with Crippen molar-refractivity contribution in [2.75, 3.05) is 13.2 Å². The maximum absolute atomic E-state index is 11.9. The van der Waals surface area contributed by atoms with Crippen molar-refractivity contribution in [3.8, 4) is 0 Å². The lowest BCUT2D eigenvalue weighted by molar-refractivity contribution is -0.201. The fourth-order valence-corrected chi connectivity index (χ4v) is 2.38. The quantitative estimate of drug-likeness (QED) is 0.390. The van der Waals surface area contributed by atoms with E-state index in [-0.39, 0.29) is 46.7 Å². The molecule has 0 aromatic heterocycles. The molecule has 0 spiro atoms. The van der Waals surface area contributed by atoms with Crippen LogP contribution in [0.3, 0.4) is 0 Å². The van der Waals surface area contributed by atoms with E-state index in [0.29, 0.717) is 10.1 Å². The molecule has 4 amide bonds. The molecule has 2 aliphatic heterocycles. The van der Waals surface area contributed by atoms with Crippen LogP contribution in [-0.2, 0) is 43.2 Å². The summed E-state index contributed by atoms with van der Waals surface area (Å²) in [7, 11) is 0. The first-order valence-electron chi connectivity index (χ1n) is 8.93. The maximum atomic E-state index is 11.9. The molecule has 2 saturated heterocycles. The molecule has 0 bridgehead atoms. The van der Waals surface area contributed by atoms with Gasteiger partial charge < -0.3 is 14.4 Å². The topological polar surface area (TPSA) is 137 Å². The van der Waals surface area contributed by atoms with Gasteiger partial charge in [-0.05, 0) is 13.3 Å². The number of nitrogens with zero attached hydrogens (tertiary/aromatic N) is 2. The Labute approximate surface area is 162 Å². The van der Waals surface area contributed by atoms with E-state index in [2.05, 4.69) is 0 Å². The standard InChI is InChI=1S/C17H22N2O9.H2/c1-10(16(24)27-18-12(20)3-4-13(18)21)7-8-26-9-11(2)17(25)28-19-14(22)5-6-15(19)23;/h10-11H,3-9H2,1-2H3;1H. The van der Waals surface area contributed by atoms with Crippen LogP contribution in [-0.4, -0.2) is 58.9 Å². The predicted molar refractivity (Wildman–Crippen MR) is 90.2 cm³/mol. The van der Waals surface area contributed by atoms with E-state index in [0.717, 1.165) is 0 Å². The molecule has 2 unspecified atom stereocenters. The molecule has 2 atom stereocenters. The number of rotatable bonds is 9. The van der Waals surface area contributed by atoms with Crippen molar-refractivity contribution < 1.29 is 44.6 Å². The van der Waals surface area contributed by atoms with Gasteiger partial charge in [0.25, 0.3) is 23.6 Å². The third-order valence-corrected chi connectivity index (χ3v) is 4.24. The van der Waals surface area contributed by atoms with Gasteiger partial charge in [-0.2, -0.15) is 0 Å². The summed E-state index contributed by atoms with van der Waals surface area (Å²) in [5.41, 5.74) is 0. The van der Waals surface area contributed by atoms with Crippen molar-refractivity contribution in [3.05, 3.63) is 0 Å². The van der Waals surface area contributed by atoms with Crippen molar-refractivity contribution in [2.24, 2.45) is 11.8 Å². The molecule has 0 saturated carbocycles. The highest BCUT2D eigenvalue weighted by molar-refractivity contribution is 6.02. The lowest BCUT2D eigenvalue weighted by Crippen LogP contribution is -2.35. The Morgan fingerprint density at radius 1 is 0.821 bits per heavy atom. The summed E-state index contributed by atoms with van der Waals surface area (Å²) in [5, 5.41) is 0.955. The van der Waals surface area contributed by atoms with E-state index in [1.165, 1.54) is 6.92 Å². The fourth-order valence-electron chi connectivity index (χ4n) is 2.38. The van der Waals surface area contributed by atoms with Crippen LogP contribution in [0.25, 0.3) is 0 Å². The average molecular weight is 400 g/mol. The van der Waals surface area contributed by atoms with E-state index < -0.39 is 47.4 Å². The molecule has 2 fully saturated rings. The first-order chi connectivity index (χ1) is 13.2. The minimum Gasteiger partial charge on any atom is -0.381 e. The summed E-state index contributed by atoms with van der Waals surface area (Å²) in [6.07, 6.45) is 0.303. The number of hydrogen-bond donors (Lipinski definition) is 0. The molecule has 0 aromatic rings. The molecule has 156 valence electrons. The molecule has 0 N–H and O–H groups in total. The third-order valence-electron chi connectivity index (χ3n) is 4.24. The lowest BCUT2D eigenvalue weighted by atomic mass is 10.1. The molecule has 2 rings (SSSR count). The van der Waals surface area contributed by atoms with Crippen LogP contribution >= 0.6 is 0 Å². The molecule has 2 aliphatic rings. The number of carbonyl (C=O) groups excluding carboxylic acids is 6. The number of amides is 4. The molecule has 11 heteroatoms. The SMILES string of the molecule is CC(CCOCC(C)C(=O)ON1C(=O)CCC1=O)C(=O)ON1C(=O)CCC1=O.[HH]. The van der Waals surface area contributed by atoms with Gasteiger partial charge in [0.2, 0.25) is 0 Å². The van der Waals surface area contributed by atoms with Crippen LogP contribution in [0, 0.1) is 11.8 Å². The Morgan fingerprint density at radius 3 is 1.64 bits per heavy atom. The van der Waals surface area contributed by atoms with E-state index >= 15 is 0 Å². The highest BCUT2D eigenvalue weighted by atomic mass is 16.7. The summed E-state index contributed by atoms with van der Waals surface area (Å²) in [6.45, 7) is 3.13. The van der Waals surface area contributed by atoms with Crippen LogP contribution in [0.5, 0.6) is 0 Å². The highest BCUT2D eigenvalue weighted by Crippen LogP contribution is 2.16. The zero-order valence-electron chi connectivity index (χ0n) is 15.7. The van der Waals surface area contributed by atoms with Crippen LogP contribution in [0.1, 0.15) is 47.4 Å². The molecule has 11 nitrogen and oxygen atoms in total. The summed E-state index contributed by atoms with van der Waals surface area (Å²) in [4.78, 5) is 79.1. The average Bonchev–Trinajstić information content (AvgIpc) is 3.14. The minimum atomic E-state index is -0.776. The monoisotopic (exact) mass is 400 g/mol. The molecular formula is C17H24N2O9. The second kappa shape index (κ2) is 9.40. The Balaban J connectivity index is 0.00000420. The number of carbonyl (C=O) groups is 6. The molecule has 2 heterocycles. The first-order valence-corrected chi connectivity index (χ1v) is 8.93. The number of hydrogen-bond acceptors (Lipinski definition) is 9. The van der Waals surface area contributed by atoms with Crippen LogP contribution in [0.2, 0.25) is 0 Å². The first kappa shape index (κ1) is 21.5. The zero-order valence-corrected chi connectivity index (χ0v) is 15.7. The Morgan fingerprint density at radius 2 is 1.21 bits per heavy atom. The number of hydroxylamine groups is 4. The van der Waals surface area contributed by atoms with Gasteiger partial charge in [-0.15, -0.1) is 10.1 Å². The zero-order chi connectivity index (χ0) is 20.8. The molecule has 28 heavy (non-hydrogen) atoms. The maximum Gasteiger partial charge on any atom is 0.338 e. The van der Waals surface area contributed by atoms with Gasteiger partial charge in [0.1, 0.15) is 0 Å². The Hall–Kier alpha value is -2.82. The van der Waals surface area contributed by atoms with Crippen molar-refractivity contribution in [1.29, 1.82) is 0 Å². The van der Waals surface area contributed by atoms with Gasteiger partial charge in [0.15, 0.2) is 0 Å². The Bertz CT molecular complexity index is 606.